The molecule has 0 atom stereocenters. The second-order valence-corrected chi connectivity index (χ2v) is 5.23. The van der Waals surface area contributed by atoms with Gasteiger partial charge in [0.15, 0.2) is 0 Å². The topological polar surface area (TPSA) is 47.6 Å². The highest BCUT2D eigenvalue weighted by Crippen LogP contribution is 2.25. The summed E-state index contributed by atoms with van der Waals surface area (Å²) in [6.45, 7) is 5.25. The van der Waals surface area contributed by atoms with Crippen molar-refractivity contribution < 1.29 is 14.3 Å². The zero-order chi connectivity index (χ0) is 14.3. The first-order valence-electron chi connectivity index (χ1n) is 6.28. The van der Waals surface area contributed by atoms with Crippen molar-refractivity contribution in [1.29, 1.82) is 0 Å². The molecule has 0 bridgehead atoms. The number of carbonyl (C=O) groups excluding carboxylic acids is 1. The van der Waals surface area contributed by atoms with E-state index in [4.69, 9.17) is 9.47 Å². The molecule has 1 aromatic rings. The fraction of sp³-hybridized carbons (Fsp3) is 0.500. The third kappa shape index (κ3) is 5.61. The number of ether oxygens (including phenoxy) is 2. The molecule has 1 N–H and O–H groups in total. The largest absolute Gasteiger partial charge is 0.496 e. The molecule has 0 unspecified atom stereocenters. The summed E-state index contributed by atoms with van der Waals surface area (Å²) in [6.07, 6.45) is 1.04. The molecule has 0 aliphatic heterocycles. The minimum absolute atomic E-state index is 0.0899. The molecule has 106 valence electrons. The average molecular weight is 330 g/mol. The second-order valence-electron chi connectivity index (χ2n) is 4.38. The molecule has 0 radical (unpaired) electrons. The van der Waals surface area contributed by atoms with E-state index in [0.717, 1.165) is 10.9 Å². The van der Waals surface area contributed by atoms with Crippen LogP contribution < -0.4 is 10.1 Å². The van der Waals surface area contributed by atoms with Crippen molar-refractivity contribution >= 4 is 21.8 Å². The number of hydrogen-bond donors (Lipinski definition) is 1. The molecule has 0 heterocycles. The first kappa shape index (κ1) is 16.0. The molecule has 19 heavy (non-hydrogen) atoms. The van der Waals surface area contributed by atoms with Gasteiger partial charge in [0.05, 0.1) is 17.7 Å². The maximum atomic E-state index is 11.9. The van der Waals surface area contributed by atoms with Crippen LogP contribution in [0.4, 0.5) is 0 Å². The standard InChI is InChI=1S/C14H20BrNO3/c1-10(2)19-8-4-7-16-14(17)11-5-6-13(18-3)12(15)9-11/h5-6,9-10H,4,7-8H2,1-3H3,(H,16,17). The SMILES string of the molecule is COc1ccc(C(=O)NCCCOC(C)C)cc1Br. The van der Waals surface area contributed by atoms with Gasteiger partial charge in [-0.3, -0.25) is 4.79 Å². The molecule has 0 aliphatic carbocycles. The molecule has 0 aliphatic rings. The first-order valence-corrected chi connectivity index (χ1v) is 7.07. The minimum Gasteiger partial charge on any atom is -0.496 e. The zero-order valence-corrected chi connectivity index (χ0v) is 13.1. The third-order valence-electron chi connectivity index (χ3n) is 2.47. The van der Waals surface area contributed by atoms with Gasteiger partial charge in [-0.25, -0.2) is 0 Å². The van der Waals surface area contributed by atoms with Crippen molar-refractivity contribution in [3.8, 4) is 5.75 Å². The number of hydrogen-bond acceptors (Lipinski definition) is 3. The van der Waals surface area contributed by atoms with Gasteiger partial charge in [0.1, 0.15) is 5.75 Å². The highest BCUT2D eigenvalue weighted by atomic mass is 79.9. The van der Waals surface area contributed by atoms with E-state index in [1.807, 2.05) is 13.8 Å². The van der Waals surface area contributed by atoms with Crippen LogP contribution in [-0.4, -0.2) is 32.3 Å². The maximum Gasteiger partial charge on any atom is 0.251 e. The van der Waals surface area contributed by atoms with Gasteiger partial charge in [0.2, 0.25) is 0 Å². The summed E-state index contributed by atoms with van der Waals surface area (Å²) in [4.78, 5) is 11.9. The zero-order valence-electron chi connectivity index (χ0n) is 11.5. The molecule has 0 fully saturated rings. The van der Waals surface area contributed by atoms with E-state index >= 15 is 0 Å². The lowest BCUT2D eigenvalue weighted by Gasteiger charge is -2.09. The number of rotatable bonds is 7. The lowest BCUT2D eigenvalue weighted by Crippen LogP contribution is -2.25. The van der Waals surface area contributed by atoms with Crippen molar-refractivity contribution in [3.05, 3.63) is 28.2 Å². The number of amides is 1. The molecular formula is C14H20BrNO3. The first-order chi connectivity index (χ1) is 9.04. The van der Waals surface area contributed by atoms with Crippen LogP contribution in [0.2, 0.25) is 0 Å². The van der Waals surface area contributed by atoms with E-state index in [1.54, 1.807) is 25.3 Å². The minimum atomic E-state index is -0.0899. The van der Waals surface area contributed by atoms with Gasteiger partial charge in [-0.15, -0.1) is 0 Å². The van der Waals surface area contributed by atoms with Crippen molar-refractivity contribution in [2.45, 2.75) is 26.4 Å². The lowest BCUT2D eigenvalue weighted by molar-refractivity contribution is 0.0757. The Morgan fingerprint density at radius 3 is 2.74 bits per heavy atom. The predicted molar refractivity (Wildman–Crippen MR) is 78.7 cm³/mol. The molecule has 0 aromatic heterocycles. The van der Waals surface area contributed by atoms with Crippen LogP contribution in [0, 0.1) is 0 Å². The summed E-state index contributed by atoms with van der Waals surface area (Å²) in [5, 5.41) is 2.86. The number of halogens is 1. The maximum absolute atomic E-state index is 11.9. The summed E-state index contributed by atoms with van der Waals surface area (Å²) in [7, 11) is 1.59. The molecule has 1 aromatic carbocycles. The fourth-order valence-corrected chi connectivity index (χ4v) is 2.04. The van der Waals surface area contributed by atoms with Gasteiger partial charge >= 0.3 is 0 Å². The number of nitrogens with one attached hydrogen (secondary N) is 1. The Labute approximate surface area is 122 Å². The van der Waals surface area contributed by atoms with Gasteiger partial charge in [-0.2, -0.15) is 0 Å². The number of benzene rings is 1. The molecule has 1 rings (SSSR count). The van der Waals surface area contributed by atoms with Crippen LogP contribution in [-0.2, 0) is 4.74 Å². The Balaban J connectivity index is 2.39. The van der Waals surface area contributed by atoms with Crippen LogP contribution in [0.15, 0.2) is 22.7 Å². The quantitative estimate of drug-likeness (QED) is 0.782. The number of methoxy groups -OCH3 is 1. The molecule has 0 spiro atoms. The monoisotopic (exact) mass is 329 g/mol. The fourth-order valence-electron chi connectivity index (χ4n) is 1.50. The van der Waals surface area contributed by atoms with Crippen molar-refractivity contribution in [2.75, 3.05) is 20.3 Å². The average Bonchev–Trinajstić information content (AvgIpc) is 2.37. The summed E-state index contributed by atoms with van der Waals surface area (Å²) < 4.78 is 11.3. The van der Waals surface area contributed by atoms with Gasteiger partial charge in [0.25, 0.3) is 5.91 Å². The van der Waals surface area contributed by atoms with E-state index in [0.29, 0.717) is 24.5 Å². The molecular weight excluding hydrogens is 310 g/mol. The lowest BCUT2D eigenvalue weighted by atomic mass is 10.2. The Morgan fingerprint density at radius 2 is 2.16 bits per heavy atom. The van der Waals surface area contributed by atoms with Crippen molar-refractivity contribution in [1.82, 2.24) is 5.32 Å². The van der Waals surface area contributed by atoms with Gasteiger partial charge in [0, 0.05) is 18.7 Å². The smallest absolute Gasteiger partial charge is 0.251 e. The van der Waals surface area contributed by atoms with Crippen LogP contribution in [0.1, 0.15) is 30.6 Å². The Bertz CT molecular complexity index is 421. The van der Waals surface area contributed by atoms with Crippen molar-refractivity contribution in [3.63, 3.8) is 0 Å². The Hall–Kier alpha value is -1.07. The van der Waals surface area contributed by atoms with E-state index in [1.165, 1.54) is 0 Å². The summed E-state index contributed by atoms with van der Waals surface area (Å²) in [5.41, 5.74) is 0.609. The highest BCUT2D eigenvalue weighted by Gasteiger charge is 2.08. The van der Waals surface area contributed by atoms with Gasteiger partial charge in [-0.1, -0.05) is 0 Å². The van der Waals surface area contributed by atoms with E-state index in [9.17, 15) is 4.79 Å². The molecule has 0 saturated heterocycles. The third-order valence-corrected chi connectivity index (χ3v) is 3.09. The summed E-state index contributed by atoms with van der Waals surface area (Å²) in [6, 6.07) is 5.25. The van der Waals surface area contributed by atoms with E-state index in [2.05, 4.69) is 21.2 Å². The molecule has 5 heteroatoms. The van der Waals surface area contributed by atoms with Crippen LogP contribution >= 0.6 is 15.9 Å². The highest BCUT2D eigenvalue weighted by molar-refractivity contribution is 9.10. The number of carbonyl (C=O) groups is 1. The molecule has 1 amide bonds. The van der Waals surface area contributed by atoms with E-state index in [-0.39, 0.29) is 12.0 Å². The summed E-state index contributed by atoms with van der Waals surface area (Å²) in [5.74, 6) is 0.620. The predicted octanol–water partition coefficient (Wildman–Crippen LogP) is 3.00. The summed E-state index contributed by atoms with van der Waals surface area (Å²) >= 11 is 3.36. The molecule has 0 saturated carbocycles. The van der Waals surface area contributed by atoms with Crippen LogP contribution in [0.25, 0.3) is 0 Å². The Kier molecular flexibility index (Phi) is 6.87. The van der Waals surface area contributed by atoms with Crippen LogP contribution in [0.5, 0.6) is 5.75 Å². The second kappa shape index (κ2) is 8.17. The van der Waals surface area contributed by atoms with Crippen LogP contribution in [0.3, 0.4) is 0 Å². The Morgan fingerprint density at radius 1 is 1.42 bits per heavy atom. The van der Waals surface area contributed by atoms with Crippen molar-refractivity contribution in [2.24, 2.45) is 0 Å². The van der Waals surface area contributed by atoms with Gasteiger partial charge < -0.3 is 14.8 Å². The van der Waals surface area contributed by atoms with Gasteiger partial charge in [-0.05, 0) is 54.4 Å². The molecule has 4 nitrogen and oxygen atoms in total. The normalized spacial score (nSPS) is 10.6. The van der Waals surface area contributed by atoms with E-state index < -0.39 is 0 Å².